The van der Waals surface area contributed by atoms with Crippen LogP contribution in [0.25, 0.3) is 0 Å². The van der Waals surface area contributed by atoms with Crippen molar-refractivity contribution in [1.29, 1.82) is 0 Å². The Morgan fingerprint density at radius 3 is 2.89 bits per heavy atom. The number of hydrogen-bond acceptors (Lipinski definition) is 7. The summed E-state index contributed by atoms with van der Waals surface area (Å²) in [5, 5.41) is 18.5. The average molecular weight is 421 g/mol. The van der Waals surface area contributed by atoms with Gasteiger partial charge in [0.05, 0.1) is 17.5 Å². The molecule has 0 saturated heterocycles. The average Bonchev–Trinajstić information content (AvgIpc) is 3.30. The van der Waals surface area contributed by atoms with Gasteiger partial charge in [0.15, 0.2) is 4.34 Å². The van der Waals surface area contributed by atoms with Gasteiger partial charge in [0.2, 0.25) is 11.0 Å². The van der Waals surface area contributed by atoms with E-state index in [1.54, 1.807) is 29.1 Å². The van der Waals surface area contributed by atoms with Crippen LogP contribution in [-0.4, -0.2) is 31.1 Å². The van der Waals surface area contributed by atoms with Crippen LogP contribution >= 0.6 is 23.1 Å². The molecule has 0 spiro atoms. The number of nitrogens with one attached hydrogen (secondary N) is 2. The first-order valence-corrected chi connectivity index (χ1v) is 10.5. The molecule has 0 aliphatic carbocycles. The van der Waals surface area contributed by atoms with Crippen LogP contribution in [0.3, 0.4) is 0 Å². The molecule has 28 heavy (non-hydrogen) atoms. The number of anilines is 3. The van der Waals surface area contributed by atoms with Crippen molar-refractivity contribution in [3.05, 3.63) is 42.3 Å². The van der Waals surface area contributed by atoms with Crippen LogP contribution in [0.5, 0.6) is 0 Å². The third-order valence-electron chi connectivity index (χ3n) is 4.06. The van der Waals surface area contributed by atoms with Crippen molar-refractivity contribution in [2.45, 2.75) is 42.8 Å². The topological polar surface area (TPSA) is 84.7 Å². The van der Waals surface area contributed by atoms with Crippen LogP contribution in [0.1, 0.15) is 33.2 Å². The molecule has 3 aromatic rings. The first kappa shape index (κ1) is 20.3. The van der Waals surface area contributed by atoms with Crippen molar-refractivity contribution in [3.63, 3.8) is 0 Å². The Labute approximate surface area is 170 Å². The molecule has 2 N–H and O–H groups in total. The van der Waals surface area contributed by atoms with Gasteiger partial charge in [-0.1, -0.05) is 36.1 Å². The second-order valence-corrected chi connectivity index (χ2v) is 8.74. The number of carbonyl (C=O) groups is 1. The Morgan fingerprint density at radius 1 is 1.32 bits per heavy atom. The van der Waals surface area contributed by atoms with Crippen molar-refractivity contribution < 1.29 is 9.18 Å². The lowest BCUT2D eigenvalue weighted by Crippen LogP contribution is -2.24. The molecule has 2 atom stereocenters. The zero-order valence-corrected chi connectivity index (χ0v) is 17.4. The van der Waals surface area contributed by atoms with E-state index < -0.39 is 0 Å². The monoisotopic (exact) mass is 420 g/mol. The van der Waals surface area contributed by atoms with E-state index >= 15 is 0 Å². The lowest BCUT2D eigenvalue weighted by atomic mass is 10.3. The Bertz CT molecular complexity index is 944. The van der Waals surface area contributed by atoms with E-state index in [1.165, 1.54) is 35.2 Å². The van der Waals surface area contributed by atoms with Gasteiger partial charge in [-0.05, 0) is 38.5 Å². The number of hydrogen-bond donors (Lipinski definition) is 2. The van der Waals surface area contributed by atoms with E-state index in [0.717, 1.165) is 6.42 Å². The highest BCUT2D eigenvalue weighted by Gasteiger charge is 2.19. The minimum absolute atomic E-state index is 0.134. The highest BCUT2D eigenvalue weighted by atomic mass is 32.2. The molecular formula is C18H21FN6OS2. The third kappa shape index (κ3) is 5.08. The Balaban J connectivity index is 1.59. The van der Waals surface area contributed by atoms with E-state index in [2.05, 4.69) is 39.8 Å². The number of carbonyl (C=O) groups excluding carboxylic acids is 1. The largest absolute Gasteiger partial charge is 0.330 e. The quantitative estimate of drug-likeness (QED) is 0.514. The van der Waals surface area contributed by atoms with Crippen molar-refractivity contribution in [3.8, 4) is 0 Å². The summed E-state index contributed by atoms with van der Waals surface area (Å²) < 4.78 is 15.7. The van der Waals surface area contributed by atoms with Gasteiger partial charge >= 0.3 is 0 Å². The molecule has 0 radical (unpaired) electrons. The van der Waals surface area contributed by atoms with Crippen LogP contribution in [-0.2, 0) is 4.79 Å². The predicted molar refractivity (Wildman–Crippen MR) is 111 cm³/mol. The molecule has 0 aliphatic rings. The summed E-state index contributed by atoms with van der Waals surface area (Å²) in [6, 6.07) is 8.10. The number of rotatable bonds is 8. The molecule has 0 bridgehead atoms. The Hall–Kier alpha value is -2.46. The minimum atomic E-state index is -0.366. The molecule has 148 valence electrons. The van der Waals surface area contributed by atoms with Gasteiger partial charge in [0.1, 0.15) is 11.6 Å². The van der Waals surface area contributed by atoms with Gasteiger partial charge < -0.3 is 10.6 Å². The summed E-state index contributed by atoms with van der Waals surface area (Å²) in [6.07, 6.45) is 2.59. The van der Waals surface area contributed by atoms with Crippen molar-refractivity contribution >= 4 is 45.6 Å². The molecule has 3 rings (SSSR count). The zero-order valence-electron chi connectivity index (χ0n) is 15.7. The highest BCUT2D eigenvalue weighted by Crippen LogP contribution is 2.31. The molecular weight excluding hydrogens is 399 g/mol. The molecule has 0 fully saturated rings. The van der Waals surface area contributed by atoms with Crippen LogP contribution in [0.2, 0.25) is 0 Å². The number of aromatic nitrogens is 4. The fourth-order valence-electron chi connectivity index (χ4n) is 2.37. The fourth-order valence-corrected chi connectivity index (χ4v) is 4.28. The highest BCUT2D eigenvalue weighted by molar-refractivity contribution is 8.02. The summed E-state index contributed by atoms with van der Waals surface area (Å²) >= 11 is 2.63. The maximum atomic E-state index is 13.3. The molecule has 1 amide bonds. The van der Waals surface area contributed by atoms with E-state index in [0.29, 0.717) is 21.0 Å². The SMILES string of the molecule is CC[C@H](C)n1nccc1NC(=O)[C@@H](C)Sc1nnc(Nc2cccc(F)c2)s1. The molecule has 2 heterocycles. The van der Waals surface area contributed by atoms with E-state index in [4.69, 9.17) is 0 Å². The van der Waals surface area contributed by atoms with E-state index in [-0.39, 0.29) is 23.0 Å². The van der Waals surface area contributed by atoms with Crippen LogP contribution < -0.4 is 10.6 Å². The molecule has 1 aromatic carbocycles. The molecule has 0 unspecified atom stereocenters. The minimum Gasteiger partial charge on any atom is -0.330 e. The van der Waals surface area contributed by atoms with Gasteiger partial charge in [0, 0.05) is 11.8 Å². The number of benzene rings is 1. The molecule has 7 nitrogen and oxygen atoms in total. The van der Waals surface area contributed by atoms with Gasteiger partial charge in [-0.3, -0.25) is 4.79 Å². The summed E-state index contributed by atoms with van der Waals surface area (Å²) in [5.41, 5.74) is 0.594. The smallest absolute Gasteiger partial charge is 0.238 e. The lowest BCUT2D eigenvalue weighted by molar-refractivity contribution is -0.115. The summed E-state index contributed by atoms with van der Waals surface area (Å²) in [4.78, 5) is 12.5. The number of halogens is 1. The second-order valence-electron chi connectivity index (χ2n) is 6.18. The van der Waals surface area contributed by atoms with Gasteiger partial charge in [-0.15, -0.1) is 10.2 Å². The summed E-state index contributed by atoms with van der Waals surface area (Å²) in [7, 11) is 0. The zero-order chi connectivity index (χ0) is 20.1. The standard InChI is InChI=1S/C18H21FN6OS2/c1-4-11(2)25-15(8-9-20-25)22-16(26)12(3)27-18-24-23-17(28-18)21-14-7-5-6-13(19)10-14/h5-12H,4H2,1-3H3,(H,21,23)(H,22,26)/t11-,12+/m0/s1. The van der Waals surface area contributed by atoms with Crippen molar-refractivity contribution in [1.82, 2.24) is 20.0 Å². The normalized spacial score (nSPS) is 13.1. The molecule has 0 saturated carbocycles. The molecule has 10 heteroatoms. The van der Waals surface area contributed by atoms with Crippen molar-refractivity contribution in [2.24, 2.45) is 0 Å². The van der Waals surface area contributed by atoms with Crippen LogP contribution in [0.4, 0.5) is 21.0 Å². The number of amides is 1. The third-order valence-corrected chi connectivity index (χ3v) is 6.08. The number of thioether (sulfide) groups is 1. The first-order chi connectivity index (χ1) is 13.5. The first-order valence-electron chi connectivity index (χ1n) is 8.83. The molecule has 2 aromatic heterocycles. The van der Waals surface area contributed by atoms with Crippen LogP contribution in [0, 0.1) is 5.82 Å². The Kier molecular flexibility index (Phi) is 6.63. The fraction of sp³-hybridized carbons (Fsp3) is 0.333. The summed E-state index contributed by atoms with van der Waals surface area (Å²) in [6.45, 7) is 5.93. The van der Waals surface area contributed by atoms with Crippen LogP contribution in [0.15, 0.2) is 40.9 Å². The maximum Gasteiger partial charge on any atom is 0.238 e. The van der Waals surface area contributed by atoms with Gasteiger partial charge in [-0.2, -0.15) is 5.10 Å². The maximum absolute atomic E-state index is 13.3. The van der Waals surface area contributed by atoms with Gasteiger partial charge in [0.25, 0.3) is 0 Å². The van der Waals surface area contributed by atoms with E-state index in [9.17, 15) is 9.18 Å². The number of nitrogens with zero attached hydrogens (tertiary/aromatic N) is 4. The predicted octanol–water partition coefficient (Wildman–Crippen LogP) is 4.71. The molecule has 0 aliphatic heterocycles. The lowest BCUT2D eigenvalue weighted by Gasteiger charge is -2.15. The second kappa shape index (κ2) is 9.16. The van der Waals surface area contributed by atoms with E-state index in [1.807, 2.05) is 6.92 Å². The van der Waals surface area contributed by atoms with Crippen molar-refractivity contribution in [2.75, 3.05) is 10.6 Å². The van der Waals surface area contributed by atoms with Gasteiger partial charge in [-0.25, -0.2) is 9.07 Å². The Morgan fingerprint density at radius 2 is 2.14 bits per heavy atom. The summed E-state index contributed by atoms with van der Waals surface area (Å²) in [5.74, 6) is 0.216.